The van der Waals surface area contributed by atoms with Crippen molar-refractivity contribution in [2.24, 2.45) is 22.1 Å². The third-order valence-corrected chi connectivity index (χ3v) is 5.34. The Morgan fingerprint density at radius 2 is 1.95 bits per heavy atom. The van der Waals surface area contributed by atoms with Crippen LogP contribution < -0.4 is 10.9 Å². The maximum atomic E-state index is 12.3. The van der Waals surface area contributed by atoms with Crippen LogP contribution in [0.15, 0.2) is 27.5 Å². The molecule has 0 fully saturated rings. The summed E-state index contributed by atoms with van der Waals surface area (Å²) in [5.41, 5.74) is 0.383. The molecule has 1 atom stereocenters. The van der Waals surface area contributed by atoms with Gasteiger partial charge in [-0.25, -0.2) is 5.84 Å². The highest BCUT2D eigenvalue weighted by Crippen LogP contribution is 2.34. The molecule has 5 nitrogen and oxygen atoms in total. The summed E-state index contributed by atoms with van der Waals surface area (Å²) in [4.78, 5) is 0.0949. The summed E-state index contributed by atoms with van der Waals surface area (Å²) in [5.74, 6) is 7.05. The molecule has 0 spiro atoms. The highest BCUT2D eigenvalue weighted by atomic mass is 35.5. The van der Waals surface area contributed by atoms with E-state index in [4.69, 9.17) is 17.4 Å². The topological polar surface area (TPSA) is 75.8 Å². The zero-order valence-electron chi connectivity index (χ0n) is 13.1. The summed E-state index contributed by atoms with van der Waals surface area (Å²) in [6, 6.07) is 4.53. The fourth-order valence-corrected chi connectivity index (χ4v) is 3.97. The van der Waals surface area contributed by atoms with Crippen LogP contribution in [-0.2, 0) is 10.0 Å². The maximum absolute atomic E-state index is 12.3. The lowest BCUT2D eigenvalue weighted by atomic mass is 9.98. The van der Waals surface area contributed by atoms with Gasteiger partial charge >= 0.3 is 0 Å². The van der Waals surface area contributed by atoms with Gasteiger partial charge in [-0.05, 0) is 30.5 Å². The van der Waals surface area contributed by atoms with Gasteiger partial charge in [0, 0.05) is 10.9 Å². The smallest absolute Gasteiger partial charge is 0.263 e. The molecule has 0 amide bonds. The van der Waals surface area contributed by atoms with Crippen molar-refractivity contribution in [3.05, 3.63) is 23.2 Å². The van der Waals surface area contributed by atoms with Crippen molar-refractivity contribution in [1.82, 2.24) is 0 Å². The quantitative estimate of drug-likeness (QED) is 0.829. The normalized spacial score (nSPS) is 18.1. The first-order valence-electron chi connectivity index (χ1n) is 7.41. The van der Waals surface area contributed by atoms with Gasteiger partial charge < -0.3 is 0 Å². The Morgan fingerprint density at radius 1 is 1.27 bits per heavy atom. The summed E-state index contributed by atoms with van der Waals surface area (Å²) in [6.07, 6.45) is 2.95. The molecule has 1 heterocycles. The Balaban J connectivity index is 2.29. The van der Waals surface area contributed by atoms with Gasteiger partial charge in [-0.3, -0.25) is 5.01 Å². The summed E-state index contributed by atoms with van der Waals surface area (Å²) in [5, 5.41) is 1.79. The van der Waals surface area contributed by atoms with Gasteiger partial charge in [-0.15, -0.1) is 4.40 Å². The highest BCUT2D eigenvalue weighted by Gasteiger charge is 2.31. The van der Waals surface area contributed by atoms with Crippen molar-refractivity contribution < 1.29 is 8.42 Å². The molecule has 0 aliphatic carbocycles. The Bertz CT molecular complexity index is 686. The minimum Gasteiger partial charge on any atom is -0.263 e. The van der Waals surface area contributed by atoms with Crippen molar-refractivity contribution in [1.29, 1.82) is 0 Å². The summed E-state index contributed by atoms with van der Waals surface area (Å²) >= 11 is 5.96. The van der Waals surface area contributed by atoms with Gasteiger partial charge in [0.15, 0.2) is 0 Å². The minimum atomic E-state index is -3.72. The lowest BCUT2D eigenvalue weighted by molar-refractivity contribution is 0.509. The van der Waals surface area contributed by atoms with Crippen molar-refractivity contribution in [3.63, 3.8) is 0 Å². The fourth-order valence-electron chi connectivity index (χ4n) is 2.53. The van der Waals surface area contributed by atoms with E-state index in [1.165, 1.54) is 17.1 Å². The van der Waals surface area contributed by atoms with Crippen LogP contribution in [0.25, 0.3) is 0 Å². The van der Waals surface area contributed by atoms with Crippen LogP contribution in [0.5, 0.6) is 0 Å². The largest absolute Gasteiger partial charge is 0.286 e. The number of nitrogens with two attached hydrogens (primary N) is 1. The molecule has 1 aliphatic heterocycles. The van der Waals surface area contributed by atoms with Crippen molar-refractivity contribution in [2.75, 3.05) is 5.01 Å². The molecule has 1 aromatic rings. The molecule has 1 unspecified atom stereocenters. The van der Waals surface area contributed by atoms with E-state index >= 15 is 0 Å². The third-order valence-electron chi connectivity index (χ3n) is 3.78. The first-order chi connectivity index (χ1) is 10.2. The van der Waals surface area contributed by atoms with Crippen LogP contribution in [0.2, 0.25) is 5.02 Å². The highest BCUT2D eigenvalue weighted by molar-refractivity contribution is 7.90. The van der Waals surface area contributed by atoms with E-state index in [0.29, 0.717) is 22.5 Å². The van der Waals surface area contributed by atoms with Crippen LogP contribution in [0.3, 0.4) is 0 Å². The molecule has 1 aromatic carbocycles. The van der Waals surface area contributed by atoms with E-state index in [1.807, 2.05) is 6.92 Å². The number of fused-ring (bicyclic) bond motifs is 1. The predicted molar refractivity (Wildman–Crippen MR) is 90.6 cm³/mol. The molecule has 0 saturated carbocycles. The van der Waals surface area contributed by atoms with E-state index in [0.717, 1.165) is 19.3 Å². The van der Waals surface area contributed by atoms with Crippen LogP contribution in [0.1, 0.15) is 40.0 Å². The third kappa shape index (κ3) is 3.62. The SMILES string of the molecule is CC(C)CCCC(C)C1=NS(=O)(=O)c2ccc(Cl)cc2N1N. The maximum Gasteiger partial charge on any atom is 0.286 e. The molecule has 122 valence electrons. The molecule has 0 radical (unpaired) electrons. The van der Waals surface area contributed by atoms with Crippen molar-refractivity contribution in [3.8, 4) is 0 Å². The molecule has 0 bridgehead atoms. The van der Waals surface area contributed by atoms with Crippen LogP contribution in [0, 0.1) is 11.8 Å². The Labute approximate surface area is 137 Å². The standard InChI is InChI=1S/C15H22ClN3O2S/c1-10(2)5-4-6-11(3)15-18-22(20,21)14-8-7-12(16)9-13(14)19(15)17/h7-11H,4-6,17H2,1-3H3. The summed E-state index contributed by atoms with van der Waals surface area (Å²) in [7, 11) is -3.72. The van der Waals surface area contributed by atoms with Crippen LogP contribution >= 0.6 is 11.6 Å². The second-order valence-electron chi connectivity index (χ2n) is 6.13. The van der Waals surface area contributed by atoms with Gasteiger partial charge in [0.1, 0.15) is 10.7 Å². The number of halogens is 1. The lowest BCUT2D eigenvalue weighted by Gasteiger charge is -2.30. The Kier molecular flexibility index (Phi) is 5.14. The van der Waals surface area contributed by atoms with E-state index < -0.39 is 10.0 Å². The first kappa shape index (κ1) is 17.2. The average Bonchev–Trinajstić information content (AvgIpc) is 2.42. The van der Waals surface area contributed by atoms with Crippen LogP contribution in [0.4, 0.5) is 5.69 Å². The van der Waals surface area contributed by atoms with Gasteiger partial charge in [0.2, 0.25) is 0 Å². The molecule has 7 heteroatoms. The van der Waals surface area contributed by atoms with E-state index in [1.54, 1.807) is 6.07 Å². The molecule has 1 aliphatic rings. The van der Waals surface area contributed by atoms with E-state index in [9.17, 15) is 8.42 Å². The number of sulfonamides is 1. The summed E-state index contributed by atoms with van der Waals surface area (Å²) in [6.45, 7) is 6.28. The molecule has 0 aromatic heterocycles. The molecular formula is C15H22ClN3O2S. The number of benzene rings is 1. The molecule has 2 rings (SSSR count). The lowest BCUT2D eigenvalue weighted by Crippen LogP contribution is -2.44. The monoisotopic (exact) mass is 343 g/mol. The number of rotatable bonds is 5. The molecular weight excluding hydrogens is 322 g/mol. The van der Waals surface area contributed by atoms with Gasteiger partial charge in [-0.2, -0.15) is 8.42 Å². The van der Waals surface area contributed by atoms with Crippen molar-refractivity contribution >= 4 is 33.1 Å². The number of hydrogen-bond donors (Lipinski definition) is 1. The van der Waals surface area contributed by atoms with Crippen LogP contribution in [-0.4, -0.2) is 14.3 Å². The van der Waals surface area contributed by atoms with Crippen molar-refractivity contribution in [2.45, 2.75) is 44.9 Å². The predicted octanol–water partition coefficient (Wildman–Crippen LogP) is 3.58. The Morgan fingerprint density at radius 3 is 2.59 bits per heavy atom. The van der Waals surface area contributed by atoms with Gasteiger partial charge in [0.05, 0.1) is 5.69 Å². The zero-order chi connectivity index (χ0) is 16.5. The summed E-state index contributed by atoms with van der Waals surface area (Å²) < 4.78 is 28.5. The average molecular weight is 344 g/mol. The number of anilines is 1. The second-order valence-corrected chi connectivity index (χ2v) is 8.14. The first-order valence-corrected chi connectivity index (χ1v) is 9.23. The fraction of sp³-hybridized carbons (Fsp3) is 0.533. The Hall–Kier alpha value is -1.11. The zero-order valence-corrected chi connectivity index (χ0v) is 14.7. The number of amidine groups is 1. The number of hydrogen-bond acceptors (Lipinski definition) is 4. The minimum absolute atomic E-state index is 0.0364. The van der Waals surface area contributed by atoms with E-state index in [-0.39, 0.29) is 10.8 Å². The number of hydrazine groups is 1. The van der Waals surface area contributed by atoms with Gasteiger partial charge in [-0.1, -0.05) is 45.2 Å². The van der Waals surface area contributed by atoms with E-state index in [2.05, 4.69) is 18.2 Å². The van der Waals surface area contributed by atoms with Gasteiger partial charge in [0.25, 0.3) is 10.0 Å². The molecule has 2 N–H and O–H groups in total. The molecule has 22 heavy (non-hydrogen) atoms. The molecule has 0 saturated heterocycles. The second kappa shape index (κ2) is 6.56. The number of nitrogens with zero attached hydrogens (tertiary/aromatic N) is 2.